The van der Waals surface area contributed by atoms with Crippen molar-refractivity contribution in [2.75, 3.05) is 20.6 Å². The highest BCUT2D eigenvalue weighted by molar-refractivity contribution is 7.14. The first kappa shape index (κ1) is 14.1. The zero-order chi connectivity index (χ0) is 14.0. The van der Waals surface area contributed by atoms with Crippen LogP contribution in [0.25, 0.3) is 0 Å². The predicted octanol–water partition coefficient (Wildman–Crippen LogP) is 1.69. The molecule has 1 heterocycles. The number of hydrogen-bond donors (Lipinski definition) is 1. The topological polar surface area (TPSA) is 49.4 Å². The lowest BCUT2D eigenvalue weighted by molar-refractivity contribution is -0.125. The molecule has 1 N–H and O–H groups in total. The van der Waals surface area contributed by atoms with Gasteiger partial charge in [-0.25, -0.2) is 0 Å². The van der Waals surface area contributed by atoms with Gasteiger partial charge in [0.15, 0.2) is 0 Å². The van der Waals surface area contributed by atoms with Crippen LogP contribution >= 0.6 is 11.3 Å². The van der Waals surface area contributed by atoms with Crippen molar-refractivity contribution in [1.29, 1.82) is 0 Å². The quantitative estimate of drug-likeness (QED) is 0.916. The summed E-state index contributed by atoms with van der Waals surface area (Å²) in [6, 6.07) is 1.97. The number of aryl methyl sites for hydroxylation is 1. The molecule has 1 aromatic heterocycles. The molecular weight excluding hydrogens is 260 g/mol. The van der Waals surface area contributed by atoms with E-state index in [1.165, 1.54) is 10.4 Å². The van der Waals surface area contributed by atoms with Gasteiger partial charge in [0.1, 0.15) is 0 Å². The molecule has 0 fully saturated rings. The Balaban J connectivity index is 2.13. The van der Waals surface area contributed by atoms with Gasteiger partial charge < -0.3 is 10.2 Å². The molecule has 104 valence electrons. The van der Waals surface area contributed by atoms with Crippen molar-refractivity contribution < 1.29 is 9.59 Å². The summed E-state index contributed by atoms with van der Waals surface area (Å²) in [5.74, 6) is 0.248. The lowest BCUT2D eigenvalue weighted by atomic mass is 9.88. The third-order valence-corrected chi connectivity index (χ3v) is 4.65. The van der Waals surface area contributed by atoms with Gasteiger partial charge in [-0.2, -0.15) is 0 Å². The molecule has 19 heavy (non-hydrogen) atoms. The van der Waals surface area contributed by atoms with Crippen molar-refractivity contribution in [2.45, 2.75) is 26.2 Å². The van der Waals surface area contributed by atoms with Gasteiger partial charge in [-0.3, -0.25) is 9.59 Å². The van der Waals surface area contributed by atoms with Crippen LogP contribution in [-0.2, 0) is 17.6 Å². The molecule has 1 atom stereocenters. The second-order valence-electron chi connectivity index (χ2n) is 5.09. The number of carbonyl (C=O) groups is 2. The van der Waals surface area contributed by atoms with Crippen LogP contribution in [-0.4, -0.2) is 37.4 Å². The Bertz CT molecular complexity index is 494. The zero-order valence-electron chi connectivity index (χ0n) is 11.7. The average molecular weight is 280 g/mol. The summed E-state index contributed by atoms with van der Waals surface area (Å²) in [6.45, 7) is 2.61. The van der Waals surface area contributed by atoms with Gasteiger partial charge in [0.25, 0.3) is 5.91 Å². The molecule has 0 radical (unpaired) electrons. The summed E-state index contributed by atoms with van der Waals surface area (Å²) in [5.41, 5.74) is 1.18. The predicted molar refractivity (Wildman–Crippen MR) is 76.5 cm³/mol. The maximum atomic E-state index is 11.9. The summed E-state index contributed by atoms with van der Waals surface area (Å²) in [5, 5.41) is 2.88. The standard InChI is InChI=1S/C14H20N2O2S/c1-4-15-13(17)9-5-6-11-10(7-9)8-12(19-11)14(18)16(2)3/h8-9H,4-7H2,1-3H3,(H,15,17)/t9-/m0/s1. The van der Waals surface area contributed by atoms with Crippen LogP contribution in [0.5, 0.6) is 0 Å². The average Bonchev–Trinajstić information content (AvgIpc) is 2.80. The van der Waals surface area contributed by atoms with Gasteiger partial charge in [0.05, 0.1) is 4.88 Å². The largest absolute Gasteiger partial charge is 0.356 e. The van der Waals surface area contributed by atoms with E-state index >= 15 is 0 Å². The molecule has 2 rings (SSSR count). The Morgan fingerprint density at radius 2 is 2.21 bits per heavy atom. The molecule has 0 saturated carbocycles. The smallest absolute Gasteiger partial charge is 0.263 e. The maximum absolute atomic E-state index is 11.9. The maximum Gasteiger partial charge on any atom is 0.263 e. The summed E-state index contributed by atoms with van der Waals surface area (Å²) >= 11 is 1.58. The normalized spacial score (nSPS) is 17.7. The van der Waals surface area contributed by atoms with E-state index < -0.39 is 0 Å². The van der Waals surface area contributed by atoms with Gasteiger partial charge in [-0.05, 0) is 37.8 Å². The van der Waals surface area contributed by atoms with Gasteiger partial charge in [-0.15, -0.1) is 11.3 Å². The van der Waals surface area contributed by atoms with E-state index in [0.717, 1.165) is 24.1 Å². The molecule has 0 aromatic carbocycles. The molecule has 5 heteroatoms. The molecule has 1 aromatic rings. The second kappa shape index (κ2) is 5.74. The number of rotatable bonds is 3. The number of amides is 2. The number of thiophene rings is 1. The van der Waals surface area contributed by atoms with E-state index in [-0.39, 0.29) is 17.7 Å². The fourth-order valence-corrected chi connectivity index (χ4v) is 3.62. The number of carbonyl (C=O) groups excluding carboxylic acids is 2. The lowest BCUT2D eigenvalue weighted by Crippen LogP contribution is -2.33. The number of nitrogens with zero attached hydrogens (tertiary/aromatic N) is 1. The number of fused-ring (bicyclic) bond motifs is 1. The van der Waals surface area contributed by atoms with E-state index in [9.17, 15) is 9.59 Å². The van der Waals surface area contributed by atoms with Crippen LogP contribution < -0.4 is 5.32 Å². The summed E-state index contributed by atoms with van der Waals surface area (Å²) in [4.78, 5) is 27.5. The molecule has 1 aliphatic rings. The Morgan fingerprint density at radius 1 is 1.47 bits per heavy atom. The first-order valence-corrected chi connectivity index (χ1v) is 7.45. The molecule has 4 nitrogen and oxygen atoms in total. The Labute approximate surface area is 117 Å². The highest BCUT2D eigenvalue weighted by atomic mass is 32.1. The first-order chi connectivity index (χ1) is 9.02. The Kier molecular flexibility index (Phi) is 4.24. The monoisotopic (exact) mass is 280 g/mol. The highest BCUT2D eigenvalue weighted by Gasteiger charge is 2.27. The van der Waals surface area contributed by atoms with Gasteiger partial charge >= 0.3 is 0 Å². The van der Waals surface area contributed by atoms with E-state index in [1.807, 2.05) is 13.0 Å². The molecule has 0 aliphatic heterocycles. The third kappa shape index (κ3) is 2.97. The van der Waals surface area contributed by atoms with Crippen molar-refractivity contribution in [3.05, 3.63) is 21.4 Å². The van der Waals surface area contributed by atoms with Crippen LogP contribution in [0.15, 0.2) is 6.07 Å². The van der Waals surface area contributed by atoms with Crippen molar-refractivity contribution in [3.8, 4) is 0 Å². The van der Waals surface area contributed by atoms with Crippen LogP contribution in [0.3, 0.4) is 0 Å². The van der Waals surface area contributed by atoms with Crippen LogP contribution in [0.1, 0.15) is 33.5 Å². The highest BCUT2D eigenvalue weighted by Crippen LogP contribution is 2.32. The summed E-state index contributed by atoms with van der Waals surface area (Å²) in [7, 11) is 3.52. The van der Waals surface area contributed by atoms with E-state index in [0.29, 0.717) is 6.54 Å². The molecule has 0 bridgehead atoms. The molecule has 0 saturated heterocycles. The van der Waals surface area contributed by atoms with Gasteiger partial charge in [-0.1, -0.05) is 0 Å². The van der Waals surface area contributed by atoms with E-state index in [1.54, 1.807) is 30.3 Å². The lowest BCUT2D eigenvalue weighted by Gasteiger charge is -2.20. The number of hydrogen-bond acceptors (Lipinski definition) is 3. The zero-order valence-corrected chi connectivity index (χ0v) is 12.5. The van der Waals surface area contributed by atoms with Crippen LogP contribution in [0, 0.1) is 5.92 Å². The molecule has 0 unspecified atom stereocenters. The van der Waals surface area contributed by atoms with Gasteiger partial charge in [0, 0.05) is 31.4 Å². The fourth-order valence-electron chi connectivity index (χ4n) is 2.39. The minimum absolute atomic E-state index is 0.0500. The number of nitrogens with one attached hydrogen (secondary N) is 1. The SMILES string of the molecule is CCNC(=O)[C@H]1CCc2sc(C(=O)N(C)C)cc2C1. The second-order valence-corrected chi connectivity index (χ2v) is 6.23. The minimum Gasteiger partial charge on any atom is -0.356 e. The van der Waals surface area contributed by atoms with Crippen molar-refractivity contribution in [1.82, 2.24) is 10.2 Å². The molecule has 2 amide bonds. The van der Waals surface area contributed by atoms with Crippen LogP contribution in [0.2, 0.25) is 0 Å². The molecular formula is C14H20N2O2S. The Hall–Kier alpha value is -1.36. The first-order valence-electron chi connectivity index (χ1n) is 6.63. The van der Waals surface area contributed by atoms with Crippen molar-refractivity contribution in [3.63, 3.8) is 0 Å². The molecule has 0 spiro atoms. The summed E-state index contributed by atoms with van der Waals surface area (Å²) in [6.07, 6.45) is 2.55. The molecule has 1 aliphatic carbocycles. The van der Waals surface area contributed by atoms with Crippen molar-refractivity contribution >= 4 is 23.2 Å². The minimum atomic E-state index is 0.0500. The summed E-state index contributed by atoms with van der Waals surface area (Å²) < 4.78 is 0. The van der Waals surface area contributed by atoms with Crippen LogP contribution in [0.4, 0.5) is 0 Å². The third-order valence-electron chi connectivity index (χ3n) is 3.42. The van der Waals surface area contributed by atoms with E-state index in [4.69, 9.17) is 0 Å². The Morgan fingerprint density at radius 3 is 2.84 bits per heavy atom. The fraction of sp³-hybridized carbons (Fsp3) is 0.571. The van der Waals surface area contributed by atoms with Gasteiger partial charge in [0.2, 0.25) is 5.91 Å². The van der Waals surface area contributed by atoms with Crippen molar-refractivity contribution in [2.24, 2.45) is 5.92 Å². The van der Waals surface area contributed by atoms with E-state index in [2.05, 4.69) is 5.32 Å².